The van der Waals surface area contributed by atoms with E-state index in [2.05, 4.69) is 6.92 Å². The molecule has 2 bridgehead atoms. The van der Waals surface area contributed by atoms with E-state index in [1.807, 2.05) is 50.3 Å². The molecular formula is C20H23NO4. The van der Waals surface area contributed by atoms with Crippen molar-refractivity contribution >= 4 is 17.6 Å². The van der Waals surface area contributed by atoms with E-state index in [1.54, 1.807) is 4.90 Å². The highest BCUT2D eigenvalue weighted by Gasteiger charge is 2.67. The van der Waals surface area contributed by atoms with Crippen molar-refractivity contribution < 1.29 is 19.1 Å². The average Bonchev–Trinajstić information content (AvgIpc) is 3.22. The fraction of sp³-hybridized carbons (Fsp3) is 0.500. The number of benzene rings is 1. The van der Waals surface area contributed by atoms with Crippen LogP contribution in [0.1, 0.15) is 26.3 Å². The van der Waals surface area contributed by atoms with E-state index in [1.165, 1.54) is 5.56 Å². The predicted molar refractivity (Wildman–Crippen MR) is 93.1 cm³/mol. The van der Waals surface area contributed by atoms with E-state index in [4.69, 9.17) is 9.47 Å². The third-order valence-corrected chi connectivity index (χ3v) is 5.38. The number of rotatable bonds is 4. The molecule has 0 unspecified atom stereocenters. The van der Waals surface area contributed by atoms with E-state index < -0.39 is 17.4 Å². The third kappa shape index (κ3) is 2.41. The van der Waals surface area contributed by atoms with Crippen LogP contribution in [0.25, 0.3) is 0 Å². The summed E-state index contributed by atoms with van der Waals surface area (Å²) in [5, 5.41) is 0. The predicted octanol–water partition coefficient (Wildman–Crippen LogP) is 2.49. The lowest BCUT2D eigenvalue weighted by molar-refractivity contribution is -0.156. The molecule has 5 nitrogen and oxygen atoms in total. The van der Waals surface area contributed by atoms with E-state index in [9.17, 15) is 9.59 Å². The van der Waals surface area contributed by atoms with Crippen molar-refractivity contribution in [1.29, 1.82) is 0 Å². The quantitative estimate of drug-likeness (QED) is 0.624. The normalized spacial score (nSPS) is 32.6. The number of carbonyl (C=O) groups excluding carboxylic acids is 2. The van der Waals surface area contributed by atoms with E-state index in [-0.39, 0.29) is 24.1 Å². The molecular weight excluding hydrogens is 318 g/mol. The Hall–Kier alpha value is -2.14. The van der Waals surface area contributed by atoms with Gasteiger partial charge in [0.05, 0.1) is 24.7 Å². The smallest absolute Gasteiger partial charge is 0.313 e. The number of carbonyl (C=O) groups is 2. The van der Waals surface area contributed by atoms with Gasteiger partial charge in [0.15, 0.2) is 0 Å². The number of hydrogen-bond acceptors (Lipinski definition) is 4. The first-order valence-electron chi connectivity index (χ1n) is 8.93. The maximum Gasteiger partial charge on any atom is 0.313 e. The van der Waals surface area contributed by atoms with Gasteiger partial charge in [0, 0.05) is 5.69 Å². The van der Waals surface area contributed by atoms with Crippen LogP contribution in [-0.2, 0) is 25.5 Å². The van der Waals surface area contributed by atoms with Gasteiger partial charge in [-0.25, -0.2) is 0 Å². The molecule has 2 fully saturated rings. The zero-order valence-electron chi connectivity index (χ0n) is 14.8. The molecule has 1 amide bonds. The molecule has 4 atom stereocenters. The van der Waals surface area contributed by atoms with Gasteiger partial charge in [-0.2, -0.15) is 0 Å². The Kier molecular flexibility index (Phi) is 3.72. The number of amides is 1. The van der Waals surface area contributed by atoms with Gasteiger partial charge in [0.2, 0.25) is 5.91 Å². The SMILES string of the molecule is CCc1ccc(N2C[C@@]34C=C[C@@H](O3)[C@H](C(=O)OC(C)C)[C@H]4C2=O)cc1. The summed E-state index contributed by atoms with van der Waals surface area (Å²) in [5.74, 6) is -1.45. The largest absolute Gasteiger partial charge is 0.463 e. The minimum absolute atomic E-state index is 0.0539. The van der Waals surface area contributed by atoms with Gasteiger partial charge < -0.3 is 14.4 Å². The number of nitrogens with zero attached hydrogens (tertiary/aromatic N) is 1. The monoisotopic (exact) mass is 341 g/mol. The fourth-order valence-corrected chi connectivity index (χ4v) is 4.21. The highest BCUT2D eigenvalue weighted by Crippen LogP contribution is 2.52. The summed E-state index contributed by atoms with van der Waals surface area (Å²) < 4.78 is 11.5. The fourth-order valence-electron chi connectivity index (χ4n) is 4.21. The van der Waals surface area contributed by atoms with Crippen LogP contribution in [0.15, 0.2) is 36.4 Å². The molecule has 1 spiro atoms. The molecule has 3 aliphatic rings. The first kappa shape index (κ1) is 16.3. The molecule has 0 radical (unpaired) electrons. The summed E-state index contributed by atoms with van der Waals surface area (Å²) in [5.41, 5.74) is 1.37. The lowest BCUT2D eigenvalue weighted by Gasteiger charge is -2.23. The summed E-state index contributed by atoms with van der Waals surface area (Å²) in [6.07, 6.45) is 4.25. The molecule has 0 aromatic heterocycles. The number of hydrogen-bond donors (Lipinski definition) is 0. The van der Waals surface area contributed by atoms with E-state index in [0.717, 1.165) is 12.1 Å². The van der Waals surface area contributed by atoms with Gasteiger partial charge in [-0.15, -0.1) is 0 Å². The number of aryl methyl sites for hydroxylation is 1. The molecule has 132 valence electrons. The zero-order valence-corrected chi connectivity index (χ0v) is 14.8. The van der Waals surface area contributed by atoms with Crippen molar-refractivity contribution in [2.45, 2.75) is 45.0 Å². The molecule has 0 aliphatic carbocycles. The molecule has 25 heavy (non-hydrogen) atoms. The summed E-state index contributed by atoms with van der Waals surface area (Å²) in [7, 11) is 0. The zero-order chi connectivity index (χ0) is 17.8. The molecule has 0 saturated carbocycles. The standard InChI is InChI=1S/C20H23NO4/c1-4-13-5-7-14(8-6-13)21-11-20-10-9-15(25-20)16(17(20)18(21)22)19(23)24-12(2)3/h5-10,12,15-17H,4,11H2,1-3H3/t15-,16+,17+,20-/m1/s1. The van der Waals surface area contributed by atoms with Crippen LogP contribution in [0, 0.1) is 11.8 Å². The number of esters is 1. The second-order valence-electron chi connectivity index (χ2n) is 7.33. The van der Waals surface area contributed by atoms with Gasteiger partial charge in [0.1, 0.15) is 11.5 Å². The van der Waals surface area contributed by atoms with Gasteiger partial charge in [-0.05, 0) is 38.0 Å². The molecule has 1 aromatic carbocycles. The first-order valence-corrected chi connectivity index (χ1v) is 8.93. The summed E-state index contributed by atoms with van der Waals surface area (Å²) in [4.78, 5) is 27.4. The molecule has 3 aliphatic heterocycles. The molecule has 1 aromatic rings. The molecule has 0 N–H and O–H groups in total. The minimum atomic E-state index is -0.703. The van der Waals surface area contributed by atoms with E-state index in [0.29, 0.717) is 6.54 Å². The van der Waals surface area contributed by atoms with Crippen LogP contribution in [-0.4, -0.2) is 36.2 Å². The molecule has 2 saturated heterocycles. The van der Waals surface area contributed by atoms with Gasteiger partial charge in [-0.3, -0.25) is 9.59 Å². The lowest BCUT2D eigenvalue weighted by Crippen LogP contribution is -2.40. The van der Waals surface area contributed by atoms with Crippen LogP contribution in [0.4, 0.5) is 5.69 Å². The van der Waals surface area contributed by atoms with Crippen LogP contribution in [0.5, 0.6) is 0 Å². The number of anilines is 1. The number of ether oxygens (including phenoxy) is 2. The minimum Gasteiger partial charge on any atom is -0.463 e. The average molecular weight is 341 g/mol. The maximum absolute atomic E-state index is 13.1. The highest BCUT2D eigenvalue weighted by molar-refractivity contribution is 6.02. The molecule has 3 heterocycles. The molecule has 5 heteroatoms. The topological polar surface area (TPSA) is 55.8 Å². The van der Waals surface area contributed by atoms with Crippen LogP contribution < -0.4 is 4.90 Å². The van der Waals surface area contributed by atoms with E-state index >= 15 is 0 Å². The highest BCUT2D eigenvalue weighted by atomic mass is 16.6. The van der Waals surface area contributed by atoms with Crippen LogP contribution in [0.2, 0.25) is 0 Å². The molecule has 4 rings (SSSR count). The lowest BCUT2D eigenvalue weighted by atomic mass is 9.77. The Morgan fingerprint density at radius 2 is 2.08 bits per heavy atom. The van der Waals surface area contributed by atoms with Crippen molar-refractivity contribution in [2.75, 3.05) is 11.4 Å². The van der Waals surface area contributed by atoms with Crippen LogP contribution >= 0.6 is 0 Å². The Morgan fingerprint density at radius 3 is 2.72 bits per heavy atom. The van der Waals surface area contributed by atoms with Crippen molar-refractivity contribution in [3.8, 4) is 0 Å². The number of fused-ring (bicyclic) bond motifs is 1. The van der Waals surface area contributed by atoms with Gasteiger partial charge >= 0.3 is 5.97 Å². The van der Waals surface area contributed by atoms with Crippen molar-refractivity contribution in [3.63, 3.8) is 0 Å². The summed E-state index contributed by atoms with van der Waals surface area (Å²) in [6, 6.07) is 8.00. The Labute approximate surface area is 147 Å². The Balaban J connectivity index is 1.64. The van der Waals surface area contributed by atoms with Gasteiger partial charge in [-0.1, -0.05) is 31.2 Å². The first-order chi connectivity index (χ1) is 11.9. The van der Waals surface area contributed by atoms with Crippen LogP contribution in [0.3, 0.4) is 0 Å². The van der Waals surface area contributed by atoms with Crippen molar-refractivity contribution in [1.82, 2.24) is 0 Å². The van der Waals surface area contributed by atoms with Gasteiger partial charge in [0.25, 0.3) is 0 Å². The van der Waals surface area contributed by atoms with Crippen molar-refractivity contribution in [3.05, 3.63) is 42.0 Å². The Bertz CT molecular complexity index is 739. The van der Waals surface area contributed by atoms with Crippen molar-refractivity contribution in [2.24, 2.45) is 11.8 Å². The second kappa shape index (κ2) is 5.70. The second-order valence-corrected chi connectivity index (χ2v) is 7.33. The third-order valence-electron chi connectivity index (χ3n) is 5.38. The maximum atomic E-state index is 13.1. The summed E-state index contributed by atoms with van der Waals surface area (Å²) in [6.45, 7) is 6.17. The Morgan fingerprint density at radius 1 is 1.36 bits per heavy atom. The summed E-state index contributed by atoms with van der Waals surface area (Å²) >= 11 is 0.